The zero-order valence-corrected chi connectivity index (χ0v) is 25.4. The van der Waals surface area contributed by atoms with E-state index in [4.69, 9.17) is 4.43 Å². The van der Waals surface area contributed by atoms with E-state index < -0.39 is 8.32 Å². The predicted octanol–water partition coefficient (Wildman–Crippen LogP) is 6.75. The minimum absolute atomic E-state index is 0.0324. The topological polar surface area (TPSA) is 45.3 Å². The van der Waals surface area contributed by atoms with Crippen molar-refractivity contribution in [2.75, 3.05) is 13.2 Å². The molecule has 2 atom stereocenters. The molecular weight excluding hydrogens is 508 g/mol. The van der Waals surface area contributed by atoms with Crippen molar-refractivity contribution in [3.63, 3.8) is 0 Å². The lowest BCUT2D eigenvalue weighted by Gasteiger charge is -2.52. The summed E-state index contributed by atoms with van der Waals surface area (Å²) in [6, 6.07) is 30.5. The van der Waals surface area contributed by atoms with Gasteiger partial charge in [-0.25, -0.2) is 0 Å². The van der Waals surface area contributed by atoms with Crippen LogP contribution in [0.4, 0.5) is 0 Å². The molecule has 2 aliphatic rings. The predicted molar refractivity (Wildman–Crippen MR) is 167 cm³/mol. The summed E-state index contributed by atoms with van der Waals surface area (Å²) in [6.45, 7) is 10.8. The van der Waals surface area contributed by atoms with Gasteiger partial charge in [0.25, 0.3) is 8.32 Å². The number of aromatic nitrogens is 1. The Morgan fingerprint density at radius 2 is 1.55 bits per heavy atom. The van der Waals surface area contributed by atoms with E-state index in [9.17, 15) is 4.79 Å². The van der Waals surface area contributed by atoms with E-state index in [2.05, 4.69) is 123 Å². The molecule has 0 bridgehead atoms. The summed E-state index contributed by atoms with van der Waals surface area (Å²) in [5.74, 6) is 0.297. The largest absolute Gasteiger partial charge is 0.407 e. The molecule has 1 N–H and O–H groups in total. The molecule has 4 nitrogen and oxygen atoms in total. The van der Waals surface area contributed by atoms with E-state index in [-0.39, 0.29) is 16.5 Å². The fraction of sp³-hybridized carbons (Fsp3) is 0.400. The Hall–Kier alpha value is -3.15. The summed E-state index contributed by atoms with van der Waals surface area (Å²) >= 11 is 0. The molecule has 6 rings (SSSR count). The van der Waals surface area contributed by atoms with Crippen LogP contribution in [0, 0.1) is 5.41 Å². The van der Waals surface area contributed by atoms with Gasteiger partial charge in [0, 0.05) is 36.2 Å². The van der Waals surface area contributed by atoms with Crippen LogP contribution in [0.25, 0.3) is 10.9 Å². The number of carbonyl (C=O) groups excluding carboxylic acids is 1. The maximum absolute atomic E-state index is 13.3. The van der Waals surface area contributed by atoms with Gasteiger partial charge in [-0.3, -0.25) is 4.79 Å². The summed E-state index contributed by atoms with van der Waals surface area (Å²) in [5, 5.41) is 3.88. The number of fused-ring (bicyclic) bond motifs is 5. The third-order valence-corrected chi connectivity index (χ3v) is 14.9. The lowest BCUT2D eigenvalue weighted by Crippen LogP contribution is -2.66. The second kappa shape index (κ2) is 10.4. The number of carbonyl (C=O) groups is 1. The van der Waals surface area contributed by atoms with Crippen LogP contribution in [0.3, 0.4) is 0 Å². The molecule has 1 amide bonds. The molecule has 0 radical (unpaired) electrons. The molecule has 0 spiro atoms. The number of nitrogens with zero attached hydrogens (tertiary/aromatic N) is 1. The van der Waals surface area contributed by atoms with E-state index in [1.807, 2.05) is 0 Å². The van der Waals surface area contributed by atoms with Crippen molar-refractivity contribution in [3.8, 4) is 0 Å². The molecule has 2 aliphatic heterocycles. The maximum atomic E-state index is 13.3. The summed E-state index contributed by atoms with van der Waals surface area (Å²) in [7, 11) is -2.62. The second-order valence-corrected chi connectivity index (χ2v) is 17.1. The highest BCUT2D eigenvalue weighted by atomic mass is 28.4. The molecular formula is C35H42N2O2Si. The molecule has 3 heterocycles. The summed E-state index contributed by atoms with van der Waals surface area (Å²) in [4.78, 5) is 19.2. The number of para-hydroxylation sites is 1. The van der Waals surface area contributed by atoms with Crippen LogP contribution in [-0.2, 0) is 15.6 Å². The van der Waals surface area contributed by atoms with Crippen LogP contribution in [0.5, 0.6) is 0 Å². The number of benzene rings is 3. The monoisotopic (exact) mass is 550 g/mol. The standard InChI is InChI=1S/C35H42N2O2Si/c1-5-35(22-20-31(38)37-24-21-29-28-18-12-13-19-30(28)36-32(29)33(35)37)23-25-39-40(34(2,3)4,26-14-8-6-9-15-26)27-16-10-7-11-17-27/h6-19,33,36H,5,20-25H2,1-4H3/t33-,35+/m1/s1. The molecule has 1 saturated heterocycles. The number of H-pyrrole nitrogens is 1. The average Bonchev–Trinajstić information content (AvgIpc) is 3.36. The van der Waals surface area contributed by atoms with Crippen molar-refractivity contribution in [1.29, 1.82) is 0 Å². The van der Waals surface area contributed by atoms with Gasteiger partial charge < -0.3 is 14.3 Å². The Kier molecular flexibility index (Phi) is 7.00. The maximum Gasteiger partial charge on any atom is 0.261 e. The molecule has 208 valence electrons. The van der Waals surface area contributed by atoms with Gasteiger partial charge in [-0.2, -0.15) is 0 Å². The molecule has 5 heteroatoms. The molecule has 4 aromatic rings. The first kappa shape index (κ1) is 27.0. The fourth-order valence-corrected chi connectivity index (χ4v) is 12.3. The Bertz CT molecular complexity index is 1450. The number of amides is 1. The second-order valence-electron chi connectivity index (χ2n) is 12.8. The molecule has 1 fully saturated rings. The highest BCUT2D eigenvalue weighted by Gasteiger charge is 2.53. The normalized spacial score (nSPS) is 21.4. The first-order chi connectivity index (χ1) is 19.3. The Labute approximate surface area is 239 Å². The van der Waals surface area contributed by atoms with Gasteiger partial charge in [0.05, 0.1) is 6.04 Å². The third-order valence-electron chi connectivity index (χ3n) is 9.81. The highest BCUT2D eigenvalue weighted by Crippen LogP contribution is 2.54. The quantitative estimate of drug-likeness (QED) is 0.259. The van der Waals surface area contributed by atoms with Crippen LogP contribution in [0.2, 0.25) is 5.04 Å². The molecule has 0 unspecified atom stereocenters. The molecule has 40 heavy (non-hydrogen) atoms. The molecule has 1 aromatic heterocycles. The summed E-state index contributed by atoms with van der Waals surface area (Å²) in [6.07, 6.45) is 4.39. The summed E-state index contributed by atoms with van der Waals surface area (Å²) < 4.78 is 7.37. The fourth-order valence-electron chi connectivity index (χ4n) is 7.76. The van der Waals surface area contributed by atoms with Crippen LogP contribution >= 0.6 is 0 Å². The van der Waals surface area contributed by atoms with Gasteiger partial charge in [0.1, 0.15) is 0 Å². The molecule has 0 saturated carbocycles. The number of piperidine rings is 1. The van der Waals surface area contributed by atoms with Gasteiger partial charge in [-0.15, -0.1) is 0 Å². The lowest BCUT2D eigenvalue weighted by atomic mass is 9.66. The van der Waals surface area contributed by atoms with E-state index in [0.717, 1.165) is 32.2 Å². The summed E-state index contributed by atoms with van der Waals surface area (Å²) in [5.41, 5.74) is 3.81. The molecule has 3 aromatic carbocycles. The van der Waals surface area contributed by atoms with E-state index in [1.165, 1.54) is 32.5 Å². The molecule has 0 aliphatic carbocycles. The average molecular weight is 551 g/mol. The smallest absolute Gasteiger partial charge is 0.261 e. The van der Waals surface area contributed by atoms with Gasteiger partial charge >= 0.3 is 0 Å². The van der Waals surface area contributed by atoms with Crippen LogP contribution in [-0.4, -0.2) is 37.3 Å². The number of aromatic amines is 1. The Morgan fingerprint density at radius 3 is 2.17 bits per heavy atom. The number of hydrogen-bond donors (Lipinski definition) is 1. The Morgan fingerprint density at radius 1 is 0.925 bits per heavy atom. The van der Waals surface area contributed by atoms with Gasteiger partial charge in [0.15, 0.2) is 0 Å². The number of rotatable bonds is 7. The minimum Gasteiger partial charge on any atom is -0.407 e. The van der Waals surface area contributed by atoms with Crippen LogP contribution < -0.4 is 10.4 Å². The van der Waals surface area contributed by atoms with Crippen LogP contribution in [0.15, 0.2) is 84.9 Å². The van der Waals surface area contributed by atoms with Crippen molar-refractivity contribution in [2.24, 2.45) is 5.41 Å². The highest BCUT2D eigenvalue weighted by molar-refractivity contribution is 6.99. The SMILES string of the molecule is CC[C@@]1(CCO[Si](c2ccccc2)(c2ccccc2)C(C)(C)C)CCC(=O)N2CCc3c([nH]c4ccccc34)[C@@H]21. The van der Waals surface area contributed by atoms with Crippen molar-refractivity contribution < 1.29 is 9.22 Å². The van der Waals surface area contributed by atoms with Gasteiger partial charge in [-0.1, -0.05) is 107 Å². The Balaban J connectivity index is 1.39. The van der Waals surface area contributed by atoms with Gasteiger partial charge in [-0.05, 0) is 58.1 Å². The van der Waals surface area contributed by atoms with Crippen molar-refractivity contribution >= 4 is 35.5 Å². The van der Waals surface area contributed by atoms with E-state index in [1.54, 1.807) is 0 Å². The van der Waals surface area contributed by atoms with Crippen LogP contribution in [0.1, 0.15) is 70.7 Å². The van der Waals surface area contributed by atoms with Crippen molar-refractivity contribution in [2.45, 2.75) is 70.9 Å². The third kappa shape index (κ3) is 4.26. The number of nitrogens with one attached hydrogen (secondary N) is 1. The van der Waals surface area contributed by atoms with Gasteiger partial charge in [0.2, 0.25) is 5.91 Å². The first-order valence-corrected chi connectivity index (χ1v) is 16.9. The number of hydrogen-bond acceptors (Lipinski definition) is 2. The van der Waals surface area contributed by atoms with Crippen molar-refractivity contribution in [3.05, 3.63) is 96.2 Å². The first-order valence-electron chi connectivity index (χ1n) is 14.9. The zero-order valence-electron chi connectivity index (χ0n) is 24.4. The minimum atomic E-state index is -2.62. The lowest BCUT2D eigenvalue weighted by molar-refractivity contribution is -0.146. The van der Waals surface area contributed by atoms with E-state index >= 15 is 0 Å². The van der Waals surface area contributed by atoms with Crippen molar-refractivity contribution in [1.82, 2.24) is 9.88 Å². The van der Waals surface area contributed by atoms with E-state index in [0.29, 0.717) is 18.9 Å². The zero-order chi connectivity index (χ0) is 28.0.